The fraction of sp³-hybridized carbons (Fsp3) is 0.455. The van der Waals surface area contributed by atoms with Gasteiger partial charge in [-0.05, 0) is 62.1 Å². The van der Waals surface area contributed by atoms with Crippen molar-refractivity contribution in [3.05, 3.63) is 65.7 Å². The molecule has 0 saturated carbocycles. The van der Waals surface area contributed by atoms with Crippen molar-refractivity contribution in [3.63, 3.8) is 0 Å². The minimum absolute atomic E-state index is 0.261. The first-order valence-corrected chi connectivity index (χ1v) is 11.6. The van der Waals surface area contributed by atoms with Crippen LogP contribution in [0.15, 0.2) is 59.5 Å². The zero-order valence-corrected chi connectivity index (χ0v) is 17.4. The highest BCUT2D eigenvalue weighted by Crippen LogP contribution is 2.40. The summed E-state index contributed by atoms with van der Waals surface area (Å²) in [6.07, 6.45) is -0.818. The van der Waals surface area contributed by atoms with E-state index < -0.39 is 21.8 Å². The van der Waals surface area contributed by atoms with E-state index in [9.17, 15) is 21.6 Å². The second-order valence-electron chi connectivity index (χ2n) is 8.20. The number of hydrogen-bond acceptors (Lipinski definition) is 3. The maximum atomic E-state index is 13.1. The summed E-state index contributed by atoms with van der Waals surface area (Å²) in [6, 6.07) is 13.7. The molecule has 2 aromatic carbocycles. The highest BCUT2D eigenvalue weighted by atomic mass is 32.2. The quantitative estimate of drug-likeness (QED) is 0.705. The largest absolute Gasteiger partial charge is 0.416 e. The van der Waals surface area contributed by atoms with Crippen molar-refractivity contribution in [2.75, 3.05) is 19.6 Å². The molecule has 4 rings (SSSR count). The van der Waals surface area contributed by atoms with E-state index in [2.05, 4.69) is 4.90 Å². The smallest absolute Gasteiger partial charge is 0.292 e. The lowest BCUT2D eigenvalue weighted by Crippen LogP contribution is -2.56. The van der Waals surface area contributed by atoms with Gasteiger partial charge in [-0.3, -0.25) is 4.90 Å². The van der Waals surface area contributed by atoms with Crippen molar-refractivity contribution in [2.45, 2.75) is 48.8 Å². The van der Waals surface area contributed by atoms with Crippen molar-refractivity contribution < 1.29 is 21.6 Å². The molecule has 162 valence electrons. The first kappa shape index (κ1) is 21.3. The van der Waals surface area contributed by atoms with Crippen molar-refractivity contribution in [3.8, 4) is 0 Å². The molecular formula is C22H25F3N2O2S. The average molecular weight is 439 g/mol. The number of alkyl halides is 3. The summed E-state index contributed by atoms with van der Waals surface area (Å²) in [5.41, 5.74) is -0.101. The lowest BCUT2D eigenvalue weighted by molar-refractivity contribution is -0.137. The third kappa shape index (κ3) is 4.13. The van der Waals surface area contributed by atoms with Gasteiger partial charge in [-0.15, -0.1) is 0 Å². The van der Waals surface area contributed by atoms with Gasteiger partial charge in [-0.25, -0.2) is 8.42 Å². The number of benzene rings is 2. The highest BCUT2D eigenvalue weighted by molar-refractivity contribution is 7.89. The number of likely N-dealkylation sites (tertiary alicyclic amines) is 1. The van der Waals surface area contributed by atoms with Gasteiger partial charge in [0, 0.05) is 25.2 Å². The van der Waals surface area contributed by atoms with E-state index in [1.165, 1.54) is 12.1 Å². The molecule has 2 aromatic rings. The molecule has 0 radical (unpaired) electrons. The number of piperidine rings is 1. The molecular weight excluding hydrogens is 413 g/mol. The van der Waals surface area contributed by atoms with Crippen LogP contribution in [-0.2, 0) is 22.7 Å². The summed E-state index contributed by atoms with van der Waals surface area (Å²) in [6.45, 7) is 2.26. The Morgan fingerprint density at radius 2 is 1.53 bits per heavy atom. The molecule has 2 heterocycles. The maximum Gasteiger partial charge on any atom is 0.416 e. The second-order valence-corrected chi connectivity index (χ2v) is 10.1. The Kier molecular flexibility index (Phi) is 5.67. The molecule has 0 amide bonds. The van der Waals surface area contributed by atoms with E-state index in [0.29, 0.717) is 24.5 Å². The van der Waals surface area contributed by atoms with Crippen LogP contribution < -0.4 is 0 Å². The fourth-order valence-electron chi connectivity index (χ4n) is 4.74. The Hall–Kier alpha value is -1.90. The molecule has 0 unspecified atom stereocenters. The SMILES string of the molecule is O=S(=O)(c1ccccc1)N1CCC[C@]2(CCCN2Cc2ccc(C(F)(F)F)cc2)C1. The van der Waals surface area contributed by atoms with Crippen LogP contribution in [0.5, 0.6) is 0 Å². The zero-order valence-electron chi connectivity index (χ0n) is 16.6. The first-order valence-electron chi connectivity index (χ1n) is 10.2. The predicted molar refractivity (Wildman–Crippen MR) is 108 cm³/mol. The summed E-state index contributed by atoms with van der Waals surface area (Å²) in [5.74, 6) is 0. The van der Waals surface area contributed by atoms with Crippen molar-refractivity contribution >= 4 is 10.0 Å². The maximum absolute atomic E-state index is 13.1. The Bertz CT molecular complexity index is 978. The lowest BCUT2D eigenvalue weighted by atomic mass is 9.87. The number of hydrogen-bond donors (Lipinski definition) is 0. The molecule has 1 atom stereocenters. The topological polar surface area (TPSA) is 40.6 Å². The van der Waals surface area contributed by atoms with Crippen molar-refractivity contribution in [2.24, 2.45) is 0 Å². The van der Waals surface area contributed by atoms with Crippen LogP contribution in [0.2, 0.25) is 0 Å². The van der Waals surface area contributed by atoms with Gasteiger partial charge >= 0.3 is 6.18 Å². The summed E-state index contributed by atoms with van der Waals surface area (Å²) < 4.78 is 66.3. The van der Waals surface area contributed by atoms with E-state index in [1.807, 2.05) is 0 Å². The van der Waals surface area contributed by atoms with Crippen LogP contribution in [0, 0.1) is 0 Å². The van der Waals surface area contributed by atoms with E-state index in [-0.39, 0.29) is 5.54 Å². The van der Waals surface area contributed by atoms with E-state index in [1.54, 1.807) is 34.6 Å². The fourth-order valence-corrected chi connectivity index (χ4v) is 6.32. The molecule has 2 fully saturated rings. The van der Waals surface area contributed by atoms with Crippen LogP contribution in [0.3, 0.4) is 0 Å². The minimum Gasteiger partial charge on any atom is -0.292 e. The van der Waals surface area contributed by atoms with Gasteiger partial charge in [0.1, 0.15) is 0 Å². The van der Waals surface area contributed by atoms with Gasteiger partial charge in [-0.2, -0.15) is 17.5 Å². The molecule has 2 aliphatic heterocycles. The van der Waals surface area contributed by atoms with Crippen LogP contribution in [0.25, 0.3) is 0 Å². The van der Waals surface area contributed by atoms with E-state index in [0.717, 1.165) is 49.9 Å². The predicted octanol–water partition coefficient (Wildman–Crippen LogP) is 4.52. The van der Waals surface area contributed by atoms with Gasteiger partial charge in [0.2, 0.25) is 10.0 Å². The molecule has 0 N–H and O–H groups in total. The Morgan fingerprint density at radius 1 is 0.900 bits per heavy atom. The van der Waals surface area contributed by atoms with Crippen LogP contribution in [0.4, 0.5) is 13.2 Å². The Labute approximate surface area is 175 Å². The van der Waals surface area contributed by atoms with Crippen molar-refractivity contribution in [1.29, 1.82) is 0 Å². The molecule has 0 bridgehead atoms. The van der Waals surface area contributed by atoms with Crippen molar-refractivity contribution in [1.82, 2.24) is 9.21 Å². The van der Waals surface area contributed by atoms with Gasteiger partial charge in [0.05, 0.1) is 10.5 Å². The van der Waals surface area contributed by atoms with Gasteiger partial charge in [0.25, 0.3) is 0 Å². The van der Waals surface area contributed by atoms with Crippen LogP contribution >= 0.6 is 0 Å². The van der Waals surface area contributed by atoms with Gasteiger partial charge in [-0.1, -0.05) is 30.3 Å². The van der Waals surface area contributed by atoms with Gasteiger partial charge in [0.15, 0.2) is 0 Å². The molecule has 4 nitrogen and oxygen atoms in total. The third-order valence-electron chi connectivity index (χ3n) is 6.30. The Balaban J connectivity index is 1.53. The normalized spacial score (nSPS) is 23.8. The van der Waals surface area contributed by atoms with Crippen LogP contribution in [-0.4, -0.2) is 42.8 Å². The summed E-state index contributed by atoms with van der Waals surface area (Å²) in [5, 5.41) is 0. The molecule has 8 heteroatoms. The average Bonchev–Trinajstić information content (AvgIpc) is 3.09. The van der Waals surface area contributed by atoms with Crippen LogP contribution in [0.1, 0.15) is 36.8 Å². The number of nitrogens with zero attached hydrogens (tertiary/aromatic N) is 2. The van der Waals surface area contributed by atoms with E-state index >= 15 is 0 Å². The molecule has 0 aliphatic carbocycles. The Morgan fingerprint density at radius 3 is 2.17 bits per heavy atom. The molecule has 2 saturated heterocycles. The van der Waals surface area contributed by atoms with Gasteiger partial charge < -0.3 is 0 Å². The monoisotopic (exact) mass is 438 g/mol. The standard InChI is InChI=1S/C22H25F3N2O2S/c23-22(24,25)19-10-8-18(9-11-19)16-26-14-4-12-21(26)13-5-15-27(17-21)30(28,29)20-6-2-1-3-7-20/h1-3,6-11H,4-5,12-17H2/t21-/m1/s1. The van der Waals surface area contributed by atoms with E-state index in [4.69, 9.17) is 0 Å². The second kappa shape index (κ2) is 7.98. The number of rotatable bonds is 4. The molecule has 0 aromatic heterocycles. The molecule has 1 spiro atoms. The summed E-state index contributed by atoms with van der Waals surface area (Å²) >= 11 is 0. The number of sulfonamides is 1. The number of halogens is 3. The summed E-state index contributed by atoms with van der Waals surface area (Å²) in [4.78, 5) is 2.57. The lowest BCUT2D eigenvalue weighted by Gasteiger charge is -2.45. The molecule has 2 aliphatic rings. The zero-order chi connectivity index (χ0) is 21.4. The third-order valence-corrected chi connectivity index (χ3v) is 8.16. The minimum atomic E-state index is -4.34. The summed E-state index contributed by atoms with van der Waals surface area (Å²) in [7, 11) is -3.56. The molecule has 30 heavy (non-hydrogen) atoms. The highest BCUT2D eigenvalue weighted by Gasteiger charge is 2.46. The first-order chi connectivity index (χ1) is 14.2.